The van der Waals surface area contributed by atoms with Crippen LogP contribution in [0.3, 0.4) is 0 Å². The van der Waals surface area contributed by atoms with E-state index in [0.717, 1.165) is 38.9 Å². The first-order valence-corrected chi connectivity index (χ1v) is 12.8. The Morgan fingerprint density at radius 2 is 1.82 bits per heavy atom. The van der Waals surface area contributed by atoms with Gasteiger partial charge in [-0.05, 0) is 35.4 Å². The Morgan fingerprint density at radius 3 is 2.61 bits per heavy atom. The number of rotatable bonds is 10. The predicted molar refractivity (Wildman–Crippen MR) is 140 cm³/mol. The van der Waals surface area contributed by atoms with E-state index < -0.39 is 0 Å². The summed E-state index contributed by atoms with van der Waals surface area (Å²) in [6, 6.07) is 22.6. The number of hydrogen-bond acceptors (Lipinski definition) is 5. The van der Waals surface area contributed by atoms with Gasteiger partial charge in [-0.15, -0.1) is 28.5 Å². The molecular formula is C26H26N4OS2. The first-order valence-electron chi connectivity index (χ1n) is 10.7. The molecule has 0 spiro atoms. The molecule has 1 heterocycles. The second kappa shape index (κ2) is 11.2. The lowest BCUT2D eigenvalue weighted by Crippen LogP contribution is -2.14. The Labute approximate surface area is 202 Å². The van der Waals surface area contributed by atoms with Crippen molar-refractivity contribution in [3.63, 3.8) is 0 Å². The molecular weight excluding hydrogens is 448 g/mol. The van der Waals surface area contributed by atoms with Gasteiger partial charge in [-0.3, -0.25) is 4.79 Å². The number of allylic oxidation sites excluding steroid dienone is 1. The molecule has 33 heavy (non-hydrogen) atoms. The van der Waals surface area contributed by atoms with E-state index in [1.807, 2.05) is 47.0 Å². The van der Waals surface area contributed by atoms with Crippen LogP contribution in [0.4, 0.5) is 5.69 Å². The molecule has 0 bridgehead atoms. The van der Waals surface area contributed by atoms with Gasteiger partial charge in [-0.25, -0.2) is 0 Å². The minimum absolute atomic E-state index is 0.0706. The third-order valence-electron chi connectivity index (χ3n) is 5.09. The maximum Gasteiger partial charge on any atom is 0.234 e. The topological polar surface area (TPSA) is 59.8 Å². The van der Waals surface area contributed by atoms with Gasteiger partial charge in [0.2, 0.25) is 5.91 Å². The highest BCUT2D eigenvalue weighted by Crippen LogP contribution is 2.23. The SMILES string of the molecule is C=CCn1c(CSCc2ccc(C)cc2)nnc1SCC(=O)Nc1ccc2ccccc2c1. The molecule has 0 radical (unpaired) electrons. The van der Waals surface area contributed by atoms with E-state index in [1.54, 1.807) is 11.8 Å². The maximum absolute atomic E-state index is 12.5. The monoisotopic (exact) mass is 474 g/mol. The molecule has 1 aromatic heterocycles. The molecule has 4 aromatic rings. The van der Waals surface area contributed by atoms with E-state index >= 15 is 0 Å². The summed E-state index contributed by atoms with van der Waals surface area (Å²) in [4.78, 5) is 12.5. The van der Waals surface area contributed by atoms with Gasteiger partial charge in [0.05, 0.1) is 11.5 Å². The van der Waals surface area contributed by atoms with Crippen molar-refractivity contribution in [1.29, 1.82) is 0 Å². The van der Waals surface area contributed by atoms with Crippen molar-refractivity contribution in [2.45, 2.75) is 30.1 Å². The average molecular weight is 475 g/mol. The van der Waals surface area contributed by atoms with Gasteiger partial charge >= 0.3 is 0 Å². The fraction of sp³-hybridized carbons (Fsp3) is 0.192. The van der Waals surface area contributed by atoms with Crippen molar-refractivity contribution >= 4 is 45.9 Å². The van der Waals surface area contributed by atoms with Crippen molar-refractivity contribution in [3.05, 3.63) is 96.3 Å². The molecule has 0 aliphatic carbocycles. The number of nitrogens with zero attached hydrogens (tertiary/aromatic N) is 3. The molecule has 5 nitrogen and oxygen atoms in total. The van der Waals surface area contributed by atoms with Gasteiger partial charge in [0.15, 0.2) is 5.16 Å². The molecule has 0 saturated carbocycles. The Morgan fingerprint density at radius 1 is 1.03 bits per heavy atom. The quantitative estimate of drug-likeness (QED) is 0.223. The lowest BCUT2D eigenvalue weighted by atomic mass is 10.1. The van der Waals surface area contributed by atoms with E-state index in [1.165, 1.54) is 22.9 Å². The van der Waals surface area contributed by atoms with Crippen molar-refractivity contribution in [1.82, 2.24) is 14.8 Å². The highest BCUT2D eigenvalue weighted by molar-refractivity contribution is 7.99. The Balaban J connectivity index is 1.33. The van der Waals surface area contributed by atoms with Gasteiger partial charge in [0.1, 0.15) is 5.82 Å². The van der Waals surface area contributed by atoms with Gasteiger partial charge in [0, 0.05) is 18.0 Å². The third-order valence-corrected chi connectivity index (χ3v) is 7.06. The molecule has 0 saturated heterocycles. The second-order valence-electron chi connectivity index (χ2n) is 7.68. The summed E-state index contributed by atoms with van der Waals surface area (Å²) < 4.78 is 2.03. The normalized spacial score (nSPS) is 10.9. The summed E-state index contributed by atoms with van der Waals surface area (Å²) in [6.45, 7) is 6.56. The van der Waals surface area contributed by atoms with Crippen LogP contribution in [0.25, 0.3) is 10.8 Å². The predicted octanol–water partition coefficient (Wildman–Crippen LogP) is 6.09. The van der Waals surface area contributed by atoms with Crippen molar-refractivity contribution in [2.24, 2.45) is 0 Å². The lowest BCUT2D eigenvalue weighted by Gasteiger charge is -2.09. The summed E-state index contributed by atoms with van der Waals surface area (Å²) in [5, 5.41) is 14.7. The number of thioether (sulfide) groups is 2. The zero-order valence-corrected chi connectivity index (χ0v) is 20.2. The van der Waals surface area contributed by atoms with Crippen LogP contribution in [0.1, 0.15) is 17.0 Å². The number of aromatic nitrogens is 3. The van der Waals surface area contributed by atoms with E-state index in [-0.39, 0.29) is 11.7 Å². The minimum atomic E-state index is -0.0706. The number of hydrogen-bond donors (Lipinski definition) is 1. The minimum Gasteiger partial charge on any atom is -0.325 e. The zero-order valence-electron chi connectivity index (χ0n) is 18.5. The average Bonchev–Trinajstić information content (AvgIpc) is 3.20. The Bertz CT molecular complexity index is 1250. The smallest absolute Gasteiger partial charge is 0.234 e. The zero-order chi connectivity index (χ0) is 23.0. The number of amides is 1. The molecule has 0 atom stereocenters. The third kappa shape index (κ3) is 6.27. The Hall–Kier alpha value is -3.03. The fourth-order valence-corrected chi connectivity index (χ4v) is 5.08. The van der Waals surface area contributed by atoms with E-state index in [4.69, 9.17) is 0 Å². The molecule has 0 fully saturated rings. The van der Waals surface area contributed by atoms with Crippen LogP contribution in [0.5, 0.6) is 0 Å². The van der Waals surface area contributed by atoms with Gasteiger partial charge in [-0.1, -0.05) is 78.0 Å². The summed E-state index contributed by atoms with van der Waals surface area (Å²) in [7, 11) is 0. The van der Waals surface area contributed by atoms with Crippen LogP contribution < -0.4 is 5.32 Å². The Kier molecular flexibility index (Phi) is 7.86. The summed E-state index contributed by atoms with van der Waals surface area (Å²) in [5.74, 6) is 2.75. The lowest BCUT2D eigenvalue weighted by molar-refractivity contribution is -0.113. The van der Waals surface area contributed by atoms with Crippen LogP contribution in [-0.4, -0.2) is 26.4 Å². The first-order chi connectivity index (χ1) is 16.1. The molecule has 0 aliphatic rings. The van der Waals surface area contributed by atoms with E-state index in [2.05, 4.69) is 59.3 Å². The van der Waals surface area contributed by atoms with Crippen LogP contribution in [0.15, 0.2) is 84.5 Å². The first kappa shape index (κ1) is 23.1. The maximum atomic E-state index is 12.5. The molecule has 4 rings (SSSR count). The largest absolute Gasteiger partial charge is 0.325 e. The molecule has 0 unspecified atom stereocenters. The molecule has 1 N–H and O–H groups in total. The van der Waals surface area contributed by atoms with Crippen molar-refractivity contribution in [3.8, 4) is 0 Å². The molecule has 0 aliphatic heterocycles. The molecule has 3 aromatic carbocycles. The van der Waals surface area contributed by atoms with E-state index in [9.17, 15) is 4.79 Å². The highest BCUT2D eigenvalue weighted by atomic mass is 32.2. The molecule has 1 amide bonds. The number of fused-ring (bicyclic) bond motifs is 1. The van der Waals surface area contributed by atoms with Crippen LogP contribution in [-0.2, 0) is 22.8 Å². The summed E-state index contributed by atoms with van der Waals surface area (Å²) in [6.07, 6.45) is 1.83. The number of aryl methyl sites for hydroxylation is 1. The van der Waals surface area contributed by atoms with Crippen LogP contribution in [0.2, 0.25) is 0 Å². The van der Waals surface area contributed by atoms with Crippen molar-refractivity contribution in [2.75, 3.05) is 11.1 Å². The highest BCUT2D eigenvalue weighted by Gasteiger charge is 2.14. The van der Waals surface area contributed by atoms with Gasteiger partial charge in [0.25, 0.3) is 0 Å². The standard InChI is InChI=1S/C26H26N4OS2/c1-3-14-30-24(17-32-16-20-10-8-19(2)9-11-20)28-29-26(30)33-18-25(31)27-23-13-12-21-6-4-5-7-22(21)15-23/h3-13,15H,1,14,16-18H2,2H3,(H,27,31). The number of nitrogens with one attached hydrogen (secondary N) is 1. The van der Waals surface area contributed by atoms with Crippen LogP contribution in [0, 0.1) is 6.92 Å². The van der Waals surface area contributed by atoms with Crippen LogP contribution >= 0.6 is 23.5 Å². The summed E-state index contributed by atoms with van der Waals surface area (Å²) >= 11 is 3.19. The second-order valence-corrected chi connectivity index (χ2v) is 9.60. The molecule has 168 valence electrons. The van der Waals surface area contributed by atoms with Gasteiger partial charge in [-0.2, -0.15) is 0 Å². The number of anilines is 1. The number of carbonyl (C=O) groups excluding carboxylic acids is 1. The fourth-order valence-electron chi connectivity index (χ4n) is 3.38. The van der Waals surface area contributed by atoms with E-state index in [0.29, 0.717) is 6.54 Å². The van der Waals surface area contributed by atoms with Crippen molar-refractivity contribution < 1.29 is 4.79 Å². The number of benzene rings is 3. The molecule has 7 heteroatoms. The number of carbonyl (C=O) groups is 1. The summed E-state index contributed by atoms with van der Waals surface area (Å²) in [5.41, 5.74) is 3.35. The van der Waals surface area contributed by atoms with Gasteiger partial charge < -0.3 is 9.88 Å².